The normalized spacial score (nSPS) is 31.0. The number of amides is 1. The van der Waals surface area contributed by atoms with Crippen LogP contribution < -0.4 is 10.6 Å². The van der Waals surface area contributed by atoms with Crippen LogP contribution in [0.1, 0.15) is 45.1 Å². The average molecular weight is 595 g/mol. The second kappa shape index (κ2) is 8.93. The van der Waals surface area contributed by atoms with Gasteiger partial charge in [0.05, 0.1) is 15.5 Å². The zero-order chi connectivity index (χ0) is 28.7. The molecule has 0 saturated heterocycles. The molecule has 1 unspecified atom stereocenters. The Hall–Kier alpha value is -2.63. The number of hydrogen-bond donors (Lipinski definition) is 2. The van der Waals surface area contributed by atoms with E-state index in [1.54, 1.807) is 24.3 Å². The summed E-state index contributed by atoms with van der Waals surface area (Å²) in [6.07, 6.45) is 1.26. The van der Waals surface area contributed by atoms with Crippen LogP contribution in [-0.2, 0) is 21.4 Å². The summed E-state index contributed by atoms with van der Waals surface area (Å²) < 4.78 is 69.9. The van der Waals surface area contributed by atoms with Gasteiger partial charge in [0, 0.05) is 36.4 Å². The van der Waals surface area contributed by atoms with Crippen molar-refractivity contribution in [2.45, 2.75) is 74.0 Å². The van der Waals surface area contributed by atoms with E-state index in [-0.39, 0.29) is 29.4 Å². The Morgan fingerprint density at radius 1 is 1.15 bits per heavy atom. The molecule has 40 heavy (non-hydrogen) atoms. The van der Waals surface area contributed by atoms with E-state index in [1.165, 1.54) is 28.6 Å². The summed E-state index contributed by atoms with van der Waals surface area (Å²) in [6, 6.07) is 11.6. The van der Waals surface area contributed by atoms with Crippen LogP contribution in [-0.4, -0.2) is 54.1 Å². The number of halogens is 4. The molecule has 2 bridgehead atoms. The number of rotatable bonds is 9. The summed E-state index contributed by atoms with van der Waals surface area (Å²) in [5.41, 5.74) is -1.34. The lowest BCUT2D eigenvalue weighted by molar-refractivity contribution is -0.151. The molecule has 1 aliphatic heterocycles. The summed E-state index contributed by atoms with van der Waals surface area (Å²) in [4.78, 5) is 17.7. The van der Waals surface area contributed by atoms with Crippen molar-refractivity contribution >= 4 is 33.4 Å². The molecule has 1 amide bonds. The first-order valence-electron chi connectivity index (χ1n) is 13.2. The first-order valence-corrected chi connectivity index (χ1v) is 15.0. The molecule has 0 radical (unpaired) electrons. The van der Waals surface area contributed by atoms with E-state index in [0.29, 0.717) is 30.7 Å². The van der Waals surface area contributed by atoms with E-state index >= 15 is 0 Å². The fourth-order valence-electron chi connectivity index (χ4n) is 6.44. The van der Waals surface area contributed by atoms with Crippen LogP contribution in [0, 0.1) is 17.2 Å². The molecule has 4 saturated carbocycles. The molecule has 12 heteroatoms. The van der Waals surface area contributed by atoms with Crippen molar-refractivity contribution in [3.05, 3.63) is 64.9 Å². The quantitative estimate of drug-likeness (QED) is 0.447. The fourth-order valence-corrected chi connectivity index (χ4v) is 8.34. The van der Waals surface area contributed by atoms with Gasteiger partial charge in [-0.25, -0.2) is 21.6 Å². The van der Waals surface area contributed by atoms with Crippen LogP contribution in [0.2, 0.25) is 5.02 Å². The highest BCUT2D eigenvalue weighted by atomic mass is 35.5. The van der Waals surface area contributed by atoms with Crippen molar-refractivity contribution in [2.24, 2.45) is 16.3 Å². The maximum atomic E-state index is 14.2. The van der Waals surface area contributed by atoms with Crippen molar-refractivity contribution in [1.29, 1.82) is 0 Å². The van der Waals surface area contributed by atoms with Gasteiger partial charge in [-0.3, -0.25) is 9.79 Å². The fraction of sp³-hybridized carbons (Fsp3) is 0.500. The third-order valence-corrected chi connectivity index (χ3v) is 11.1. The zero-order valence-corrected chi connectivity index (χ0v) is 23.6. The molecular weight excluding hydrogens is 565 g/mol. The van der Waals surface area contributed by atoms with Gasteiger partial charge in [-0.15, -0.1) is 0 Å². The van der Waals surface area contributed by atoms with Crippen molar-refractivity contribution in [2.75, 3.05) is 6.54 Å². The molecule has 2 atom stereocenters. The molecule has 2 N–H and O–H groups in total. The van der Waals surface area contributed by atoms with E-state index < -0.39 is 56.1 Å². The molecule has 1 heterocycles. The maximum Gasteiger partial charge on any atom is 0.253 e. The van der Waals surface area contributed by atoms with Gasteiger partial charge in [-0.2, -0.15) is 4.31 Å². The Morgan fingerprint density at radius 3 is 2.40 bits per heavy atom. The standard InChI is InChI=1S/C28H30ClF3N4O3S/c1-25(2)22(23(37)33-12-18-11-28(18,31)32)34-24(35-25)26-14-27(15-26,16-26)36(13-17-8-9-20(29)21(30)10-17)40(38,39)19-6-4-3-5-7-19/h3-10,18,22H,11-16H2,1-2H3,(H,33,37)(H,34,35)/t18?,22-,26?,27?/m0/s1. The molecule has 7 nitrogen and oxygen atoms in total. The molecule has 214 valence electrons. The van der Waals surface area contributed by atoms with Crippen LogP contribution in [0.15, 0.2) is 58.4 Å². The first-order chi connectivity index (χ1) is 18.7. The average Bonchev–Trinajstić information content (AvgIpc) is 3.33. The van der Waals surface area contributed by atoms with Crippen molar-refractivity contribution in [3.8, 4) is 0 Å². The second-order valence-corrected chi connectivity index (χ2v) is 14.5. The molecule has 2 aromatic carbocycles. The van der Waals surface area contributed by atoms with Crippen molar-refractivity contribution < 1.29 is 26.4 Å². The zero-order valence-electron chi connectivity index (χ0n) is 22.1. The number of aliphatic imine (C=N–C) groups is 1. The Labute approximate surface area is 236 Å². The summed E-state index contributed by atoms with van der Waals surface area (Å²) in [5, 5.41) is 5.95. The topological polar surface area (TPSA) is 90.9 Å². The predicted molar refractivity (Wildman–Crippen MR) is 144 cm³/mol. The number of benzene rings is 2. The van der Waals surface area contributed by atoms with Crippen LogP contribution >= 0.6 is 11.6 Å². The summed E-state index contributed by atoms with van der Waals surface area (Å²) in [7, 11) is -3.93. The highest BCUT2D eigenvalue weighted by Crippen LogP contribution is 2.71. The van der Waals surface area contributed by atoms with Gasteiger partial charge in [0.15, 0.2) is 6.04 Å². The third-order valence-electron chi connectivity index (χ3n) is 8.78. The minimum Gasteiger partial charge on any atom is -0.366 e. The van der Waals surface area contributed by atoms with E-state index in [1.807, 2.05) is 13.8 Å². The largest absolute Gasteiger partial charge is 0.366 e. The van der Waals surface area contributed by atoms with E-state index in [4.69, 9.17) is 16.6 Å². The summed E-state index contributed by atoms with van der Waals surface area (Å²) in [5.74, 6) is -3.93. The van der Waals surface area contributed by atoms with Gasteiger partial charge >= 0.3 is 0 Å². The van der Waals surface area contributed by atoms with Crippen LogP contribution in [0.25, 0.3) is 0 Å². The minimum absolute atomic E-state index is 0.0242. The van der Waals surface area contributed by atoms with Gasteiger partial charge in [0.1, 0.15) is 11.7 Å². The molecule has 5 aliphatic rings. The molecular formula is C28H30ClF3N4O3S. The maximum absolute atomic E-state index is 14.2. The first kappa shape index (κ1) is 27.5. The van der Waals surface area contributed by atoms with Crippen molar-refractivity contribution in [1.82, 2.24) is 14.9 Å². The Balaban J connectivity index is 1.22. The lowest BCUT2D eigenvalue weighted by Crippen LogP contribution is -2.78. The number of nitrogens with one attached hydrogen (secondary N) is 2. The van der Waals surface area contributed by atoms with E-state index in [9.17, 15) is 26.4 Å². The number of carbonyl (C=O) groups is 1. The number of sulfonamides is 1. The van der Waals surface area contributed by atoms with Crippen LogP contribution in [0.4, 0.5) is 13.2 Å². The Bertz CT molecular complexity index is 1500. The number of nitrogens with zero attached hydrogens (tertiary/aromatic N) is 2. The Morgan fingerprint density at radius 2 is 1.80 bits per heavy atom. The lowest BCUT2D eigenvalue weighted by Gasteiger charge is -2.73. The predicted octanol–water partition coefficient (Wildman–Crippen LogP) is 4.51. The minimum atomic E-state index is -3.93. The molecule has 4 fully saturated rings. The smallest absolute Gasteiger partial charge is 0.253 e. The second-order valence-electron chi connectivity index (χ2n) is 12.2. The molecule has 2 aromatic rings. The number of carbonyl (C=O) groups excluding carboxylic acids is 1. The number of hydrogen-bond acceptors (Lipinski definition) is 5. The highest BCUT2D eigenvalue weighted by molar-refractivity contribution is 7.89. The third kappa shape index (κ3) is 4.41. The van der Waals surface area contributed by atoms with Gasteiger partial charge in [-0.05, 0) is 62.9 Å². The van der Waals surface area contributed by atoms with Gasteiger partial charge in [-0.1, -0.05) is 35.9 Å². The SMILES string of the molecule is CC1(C)NC(C23CC(N(Cc4ccc(Cl)c(F)c4)S(=O)(=O)c4ccccc4)(C2)C3)=N[C@H]1C(=O)NCC1CC1(F)F. The van der Waals surface area contributed by atoms with Crippen molar-refractivity contribution in [3.63, 3.8) is 0 Å². The summed E-state index contributed by atoms with van der Waals surface area (Å²) in [6.45, 7) is 3.56. The monoisotopic (exact) mass is 594 g/mol. The lowest BCUT2D eigenvalue weighted by atomic mass is 9.38. The van der Waals surface area contributed by atoms with Crippen LogP contribution in [0.5, 0.6) is 0 Å². The molecule has 0 spiro atoms. The van der Waals surface area contributed by atoms with Gasteiger partial charge in [0.25, 0.3) is 5.92 Å². The van der Waals surface area contributed by atoms with Gasteiger partial charge < -0.3 is 10.6 Å². The van der Waals surface area contributed by atoms with Gasteiger partial charge in [0.2, 0.25) is 15.9 Å². The Kier molecular flexibility index (Phi) is 6.15. The highest BCUT2D eigenvalue weighted by Gasteiger charge is 2.75. The summed E-state index contributed by atoms with van der Waals surface area (Å²) >= 11 is 5.85. The molecule has 7 rings (SSSR count). The van der Waals surface area contributed by atoms with E-state index in [2.05, 4.69) is 10.6 Å². The molecule has 0 aromatic heterocycles. The molecule has 4 aliphatic carbocycles. The number of amidine groups is 1. The van der Waals surface area contributed by atoms with Crippen LogP contribution in [0.3, 0.4) is 0 Å². The number of alkyl halides is 2. The van der Waals surface area contributed by atoms with E-state index in [0.717, 1.165) is 0 Å².